The van der Waals surface area contributed by atoms with Crippen molar-refractivity contribution >= 4 is 50.7 Å². The maximum absolute atomic E-state index is 13.8. The molecule has 0 bridgehead atoms. The maximum Gasteiger partial charge on any atom is 0.243 e. The molecule has 1 atom stereocenters. The molecule has 0 aromatic heterocycles. The zero-order valence-corrected chi connectivity index (χ0v) is 25.1. The fourth-order valence-electron chi connectivity index (χ4n) is 4.34. The van der Waals surface area contributed by atoms with E-state index < -0.39 is 16.1 Å². The molecular formula is C30H35Cl2N3O4S. The number of sulfonamides is 1. The Morgan fingerprint density at radius 2 is 1.60 bits per heavy atom. The molecule has 10 heteroatoms. The molecular weight excluding hydrogens is 569 g/mol. The van der Waals surface area contributed by atoms with Crippen LogP contribution in [0.15, 0.2) is 78.9 Å². The topological polar surface area (TPSA) is 86.8 Å². The second kappa shape index (κ2) is 15.1. The Kier molecular flexibility index (Phi) is 11.9. The van der Waals surface area contributed by atoms with Gasteiger partial charge in [0, 0.05) is 42.5 Å². The number of anilines is 1. The number of benzene rings is 3. The van der Waals surface area contributed by atoms with Gasteiger partial charge in [-0.3, -0.25) is 13.9 Å². The summed E-state index contributed by atoms with van der Waals surface area (Å²) < 4.78 is 26.3. The van der Waals surface area contributed by atoms with E-state index in [0.29, 0.717) is 28.7 Å². The highest BCUT2D eigenvalue weighted by molar-refractivity contribution is 7.92. The van der Waals surface area contributed by atoms with Crippen molar-refractivity contribution in [1.82, 2.24) is 10.2 Å². The van der Waals surface area contributed by atoms with Crippen molar-refractivity contribution in [3.05, 3.63) is 100 Å². The number of carbonyl (C=O) groups excluding carboxylic acids is 2. The van der Waals surface area contributed by atoms with Crippen LogP contribution in [-0.2, 0) is 32.6 Å². The fraction of sp³-hybridized carbons (Fsp3) is 0.333. The van der Waals surface area contributed by atoms with Crippen molar-refractivity contribution in [2.75, 3.05) is 23.7 Å². The summed E-state index contributed by atoms with van der Waals surface area (Å²) in [7, 11) is -3.61. The summed E-state index contributed by atoms with van der Waals surface area (Å²) in [5, 5.41) is 3.94. The van der Waals surface area contributed by atoms with E-state index in [-0.39, 0.29) is 37.7 Å². The van der Waals surface area contributed by atoms with Gasteiger partial charge in [0.05, 0.1) is 11.9 Å². The molecule has 3 aromatic carbocycles. The molecule has 0 aliphatic rings. The minimum Gasteiger partial charge on any atom is -0.354 e. The highest BCUT2D eigenvalue weighted by Crippen LogP contribution is 2.23. The molecule has 2 amide bonds. The first kappa shape index (κ1) is 31.5. The highest BCUT2D eigenvalue weighted by atomic mass is 35.5. The van der Waals surface area contributed by atoms with E-state index in [1.165, 1.54) is 4.31 Å². The van der Waals surface area contributed by atoms with Gasteiger partial charge < -0.3 is 10.2 Å². The zero-order chi connectivity index (χ0) is 29.1. The van der Waals surface area contributed by atoms with Crippen LogP contribution in [0.3, 0.4) is 0 Å². The van der Waals surface area contributed by atoms with Crippen LogP contribution in [0.25, 0.3) is 0 Å². The van der Waals surface area contributed by atoms with Gasteiger partial charge >= 0.3 is 0 Å². The molecule has 0 saturated carbocycles. The smallest absolute Gasteiger partial charge is 0.243 e. The van der Waals surface area contributed by atoms with E-state index in [0.717, 1.165) is 23.8 Å². The van der Waals surface area contributed by atoms with Gasteiger partial charge in [-0.2, -0.15) is 0 Å². The minimum atomic E-state index is -3.61. The van der Waals surface area contributed by atoms with E-state index in [9.17, 15) is 18.0 Å². The lowest BCUT2D eigenvalue weighted by Gasteiger charge is -2.32. The predicted octanol–water partition coefficient (Wildman–Crippen LogP) is 5.71. The lowest BCUT2D eigenvalue weighted by Crippen LogP contribution is -2.50. The van der Waals surface area contributed by atoms with Crippen molar-refractivity contribution in [2.45, 2.75) is 45.2 Å². The standard InChI is InChI=1S/C30H35Cl2N3O4S/c1-3-18-33-30(37)28(20-23-9-5-4-6-10-23)34(22-24-14-16-25(31)17-15-24)29(36)13-8-19-35(40(2,38)39)27-12-7-11-26(32)21-27/h4-7,9-12,14-17,21,28H,3,8,13,18-20,22H2,1-2H3,(H,33,37). The molecule has 214 valence electrons. The van der Waals surface area contributed by atoms with Gasteiger partial charge in [0.2, 0.25) is 21.8 Å². The number of carbonyl (C=O) groups is 2. The summed E-state index contributed by atoms with van der Waals surface area (Å²) in [6.07, 6.45) is 2.53. The molecule has 40 heavy (non-hydrogen) atoms. The Morgan fingerprint density at radius 3 is 2.23 bits per heavy atom. The molecule has 0 aliphatic heterocycles. The molecule has 1 N–H and O–H groups in total. The lowest BCUT2D eigenvalue weighted by atomic mass is 10.0. The van der Waals surface area contributed by atoms with Gasteiger partial charge in [-0.25, -0.2) is 8.42 Å². The monoisotopic (exact) mass is 603 g/mol. The second-order valence-corrected chi connectivity index (χ2v) is 12.3. The average molecular weight is 605 g/mol. The number of nitrogens with zero attached hydrogens (tertiary/aromatic N) is 2. The van der Waals surface area contributed by atoms with Crippen LogP contribution in [0.4, 0.5) is 5.69 Å². The summed E-state index contributed by atoms with van der Waals surface area (Å²) >= 11 is 12.2. The molecule has 0 aliphatic carbocycles. The Balaban J connectivity index is 1.86. The van der Waals surface area contributed by atoms with Gasteiger partial charge in [0.1, 0.15) is 6.04 Å². The molecule has 3 aromatic rings. The van der Waals surface area contributed by atoms with Crippen LogP contribution in [-0.4, -0.2) is 50.5 Å². The third-order valence-electron chi connectivity index (χ3n) is 6.33. The number of hydrogen-bond acceptors (Lipinski definition) is 4. The van der Waals surface area contributed by atoms with E-state index in [2.05, 4.69) is 5.32 Å². The first-order valence-corrected chi connectivity index (χ1v) is 15.8. The summed E-state index contributed by atoms with van der Waals surface area (Å²) in [5.74, 6) is -0.480. The van der Waals surface area contributed by atoms with Crippen molar-refractivity contribution in [3.8, 4) is 0 Å². The highest BCUT2D eigenvalue weighted by Gasteiger charge is 2.30. The van der Waals surface area contributed by atoms with Crippen LogP contribution >= 0.6 is 23.2 Å². The van der Waals surface area contributed by atoms with E-state index >= 15 is 0 Å². The first-order valence-electron chi connectivity index (χ1n) is 13.2. The maximum atomic E-state index is 13.8. The minimum absolute atomic E-state index is 0.0481. The molecule has 0 fully saturated rings. The second-order valence-electron chi connectivity index (χ2n) is 9.56. The molecule has 3 rings (SSSR count). The Morgan fingerprint density at radius 1 is 0.900 bits per heavy atom. The number of halogens is 2. The van der Waals surface area contributed by atoms with Crippen molar-refractivity contribution in [2.24, 2.45) is 0 Å². The van der Waals surface area contributed by atoms with Crippen LogP contribution in [0.1, 0.15) is 37.3 Å². The third-order valence-corrected chi connectivity index (χ3v) is 8.02. The average Bonchev–Trinajstić information content (AvgIpc) is 2.92. The first-order chi connectivity index (χ1) is 19.1. The van der Waals surface area contributed by atoms with Gasteiger partial charge in [0.15, 0.2) is 0 Å². The largest absolute Gasteiger partial charge is 0.354 e. The SMILES string of the molecule is CCCNC(=O)C(Cc1ccccc1)N(Cc1ccc(Cl)cc1)C(=O)CCCN(c1cccc(Cl)c1)S(C)(=O)=O. The van der Waals surface area contributed by atoms with Crippen molar-refractivity contribution < 1.29 is 18.0 Å². The van der Waals surface area contributed by atoms with Gasteiger partial charge in [-0.15, -0.1) is 0 Å². The Labute approximate surface area is 247 Å². The summed E-state index contributed by atoms with van der Waals surface area (Å²) in [6.45, 7) is 2.76. The van der Waals surface area contributed by atoms with E-state index in [1.807, 2.05) is 49.4 Å². The summed E-state index contributed by atoms with van der Waals surface area (Å²) in [4.78, 5) is 28.8. The molecule has 0 radical (unpaired) electrons. The summed E-state index contributed by atoms with van der Waals surface area (Å²) in [5.41, 5.74) is 2.19. The molecule has 1 unspecified atom stereocenters. The van der Waals surface area contributed by atoms with E-state index in [4.69, 9.17) is 23.2 Å². The third kappa shape index (κ3) is 9.54. The molecule has 0 saturated heterocycles. The normalized spacial score (nSPS) is 12.0. The van der Waals surface area contributed by atoms with Crippen LogP contribution in [0, 0.1) is 0 Å². The van der Waals surface area contributed by atoms with Crippen molar-refractivity contribution in [3.63, 3.8) is 0 Å². The van der Waals surface area contributed by atoms with Crippen LogP contribution < -0.4 is 9.62 Å². The van der Waals surface area contributed by atoms with Gasteiger partial charge in [-0.05, 0) is 54.3 Å². The number of nitrogens with one attached hydrogen (secondary N) is 1. The molecule has 7 nitrogen and oxygen atoms in total. The number of hydrogen-bond donors (Lipinski definition) is 1. The summed E-state index contributed by atoms with van der Waals surface area (Å²) in [6, 6.07) is 22.5. The lowest BCUT2D eigenvalue weighted by molar-refractivity contribution is -0.141. The quantitative estimate of drug-likeness (QED) is 0.256. The van der Waals surface area contributed by atoms with E-state index in [1.54, 1.807) is 41.3 Å². The van der Waals surface area contributed by atoms with Crippen LogP contribution in [0.2, 0.25) is 10.0 Å². The van der Waals surface area contributed by atoms with Gasteiger partial charge in [-0.1, -0.05) is 78.7 Å². The van der Waals surface area contributed by atoms with Crippen molar-refractivity contribution in [1.29, 1.82) is 0 Å². The molecule has 0 heterocycles. The Bertz CT molecular complexity index is 1370. The van der Waals surface area contributed by atoms with Crippen LogP contribution in [0.5, 0.6) is 0 Å². The van der Waals surface area contributed by atoms with Gasteiger partial charge in [0.25, 0.3) is 0 Å². The zero-order valence-electron chi connectivity index (χ0n) is 22.7. The number of rotatable bonds is 14. The number of amides is 2. The molecule has 0 spiro atoms. The Hall–Kier alpha value is -3.07. The predicted molar refractivity (Wildman–Crippen MR) is 162 cm³/mol. The fourth-order valence-corrected chi connectivity index (χ4v) is 5.61.